The predicted molar refractivity (Wildman–Crippen MR) is 24.5 cm³/mol. The van der Waals surface area contributed by atoms with Crippen LogP contribution >= 0.6 is 7.82 Å². The second kappa shape index (κ2) is 6.99. The van der Waals surface area contributed by atoms with E-state index in [1.807, 2.05) is 0 Å². The van der Waals surface area contributed by atoms with Gasteiger partial charge in [0.2, 0.25) is 0 Å². The number of hydrogen-bond acceptors (Lipinski definition) is 4. The van der Waals surface area contributed by atoms with Gasteiger partial charge < -0.3 is 20.8 Å². The van der Waals surface area contributed by atoms with Crippen LogP contribution in [0.3, 0.4) is 0 Å². The van der Waals surface area contributed by atoms with Crippen molar-refractivity contribution >= 4 is 7.82 Å². The van der Waals surface area contributed by atoms with Gasteiger partial charge in [0.05, 0.1) is 0 Å². The topological polar surface area (TPSA) is 153 Å². The van der Waals surface area contributed by atoms with Crippen molar-refractivity contribution in [2.45, 2.75) is 0 Å². The molecule has 8 heavy (non-hydrogen) atoms. The Morgan fingerprint density at radius 2 is 1.00 bits per heavy atom. The minimum Gasteiger partial charge on any atom is -0.344 e. The average molecular weight is 149 g/mol. The van der Waals surface area contributed by atoms with Gasteiger partial charge in [-0.3, -0.25) is 10.5 Å². The number of phosphoric acid groups is 1. The van der Waals surface area contributed by atoms with E-state index in [1.54, 1.807) is 0 Å². The van der Waals surface area contributed by atoms with E-state index >= 15 is 0 Å². The molecular formula is H8NO6P. The third-order valence-corrected chi connectivity index (χ3v) is 0. The van der Waals surface area contributed by atoms with Crippen molar-refractivity contribution in [1.82, 2.24) is 6.15 Å². The largest absolute Gasteiger partial charge is 0.466 e. The summed E-state index contributed by atoms with van der Waals surface area (Å²) in [5, 5.41) is 12.0. The molecule has 0 heterocycles. The maximum atomic E-state index is 8.88. The molecule has 0 spiro atoms. The lowest BCUT2D eigenvalue weighted by Crippen LogP contribution is -1.66. The SMILES string of the molecule is N.O=P(O)(O)O.OO. The van der Waals surface area contributed by atoms with Crippen LogP contribution in [0.4, 0.5) is 0 Å². The molecule has 0 aliphatic heterocycles. The van der Waals surface area contributed by atoms with E-state index in [9.17, 15) is 0 Å². The zero-order valence-electron chi connectivity index (χ0n) is 3.80. The zero-order valence-corrected chi connectivity index (χ0v) is 4.69. The highest BCUT2D eigenvalue weighted by Gasteiger charge is 2.00. The molecule has 0 aliphatic rings. The summed E-state index contributed by atoms with van der Waals surface area (Å²) in [5.41, 5.74) is 0. The van der Waals surface area contributed by atoms with Crippen LogP contribution in [-0.4, -0.2) is 25.2 Å². The Hall–Kier alpha value is -0.0100. The standard InChI is InChI=1S/H3N.H3O4P.H2O2/c;1-5(2,3)4;1-2/h1H3;(H3,1,2,3,4);1-2H. The van der Waals surface area contributed by atoms with Gasteiger partial charge in [0.1, 0.15) is 0 Å². The van der Waals surface area contributed by atoms with Crippen LogP contribution in [0.5, 0.6) is 0 Å². The van der Waals surface area contributed by atoms with Crippen molar-refractivity contribution in [3.05, 3.63) is 0 Å². The summed E-state index contributed by atoms with van der Waals surface area (Å²) in [6.45, 7) is 0. The summed E-state index contributed by atoms with van der Waals surface area (Å²) in [6, 6.07) is 0. The van der Waals surface area contributed by atoms with Gasteiger partial charge in [0.15, 0.2) is 0 Å². The molecule has 0 bridgehead atoms. The maximum absolute atomic E-state index is 8.88. The molecule has 0 saturated carbocycles. The van der Waals surface area contributed by atoms with Crippen LogP contribution in [0.25, 0.3) is 0 Å². The third kappa shape index (κ3) is 1490000. The van der Waals surface area contributed by atoms with Crippen molar-refractivity contribution in [1.29, 1.82) is 0 Å². The van der Waals surface area contributed by atoms with Crippen molar-refractivity contribution in [3.8, 4) is 0 Å². The van der Waals surface area contributed by atoms with Crippen LogP contribution in [-0.2, 0) is 4.57 Å². The molecule has 0 fully saturated rings. The van der Waals surface area contributed by atoms with Gasteiger partial charge in [-0.2, -0.15) is 0 Å². The summed E-state index contributed by atoms with van der Waals surface area (Å²) in [5.74, 6) is 0. The summed E-state index contributed by atoms with van der Waals surface area (Å²) in [6.07, 6.45) is 0. The Morgan fingerprint density at radius 1 is 1.00 bits per heavy atom. The lowest BCUT2D eigenvalue weighted by Gasteiger charge is -1.82. The highest BCUT2D eigenvalue weighted by molar-refractivity contribution is 7.45. The van der Waals surface area contributed by atoms with E-state index in [0.29, 0.717) is 0 Å². The fraction of sp³-hybridized carbons (Fsp3) is 0. The monoisotopic (exact) mass is 149 g/mol. The average Bonchev–Trinajstić information content (AvgIpc) is 1.36. The maximum Gasteiger partial charge on any atom is 0.466 e. The summed E-state index contributed by atoms with van der Waals surface area (Å²) >= 11 is 0. The first-order valence-corrected chi connectivity index (χ1v) is 2.55. The second-order valence-corrected chi connectivity index (χ2v) is 1.54. The first-order chi connectivity index (χ1) is 3.00. The van der Waals surface area contributed by atoms with E-state index in [1.165, 1.54) is 0 Å². The van der Waals surface area contributed by atoms with Crippen LogP contribution in [0, 0.1) is 0 Å². The van der Waals surface area contributed by atoms with Crippen molar-refractivity contribution in [2.75, 3.05) is 0 Å². The Labute approximate surface area is 45.0 Å². The third-order valence-electron chi connectivity index (χ3n) is 0. The molecule has 0 aromatic rings. The molecule has 0 aromatic heterocycles. The van der Waals surface area contributed by atoms with E-state index in [0.717, 1.165) is 0 Å². The summed E-state index contributed by atoms with van der Waals surface area (Å²) < 4.78 is 8.88. The van der Waals surface area contributed by atoms with Gasteiger partial charge in [0.25, 0.3) is 0 Å². The van der Waals surface area contributed by atoms with Gasteiger partial charge in [-0.05, 0) is 0 Å². The Morgan fingerprint density at radius 3 is 1.00 bits per heavy atom. The smallest absolute Gasteiger partial charge is 0.344 e. The van der Waals surface area contributed by atoms with E-state index in [4.69, 9.17) is 29.8 Å². The quantitative estimate of drug-likeness (QED) is 0.150. The lowest BCUT2D eigenvalue weighted by atomic mass is 14.0. The molecule has 8 N–H and O–H groups in total. The molecule has 0 aromatic carbocycles. The number of rotatable bonds is 0. The van der Waals surface area contributed by atoms with E-state index in [-0.39, 0.29) is 6.15 Å². The minimum absolute atomic E-state index is 0. The molecule has 0 atom stereocenters. The molecule has 0 rings (SSSR count). The molecule has 0 saturated heterocycles. The van der Waals surface area contributed by atoms with Crippen molar-refractivity contribution < 1.29 is 29.8 Å². The van der Waals surface area contributed by atoms with E-state index < -0.39 is 7.82 Å². The molecule has 0 amide bonds. The van der Waals surface area contributed by atoms with Gasteiger partial charge in [-0.15, -0.1) is 0 Å². The molecule has 8 heteroatoms. The Bertz CT molecular complexity index is 54.7. The second-order valence-electron chi connectivity index (χ2n) is 0.513. The molecular weight excluding hydrogens is 141 g/mol. The van der Waals surface area contributed by atoms with Gasteiger partial charge in [0, 0.05) is 0 Å². The van der Waals surface area contributed by atoms with Crippen molar-refractivity contribution in [2.24, 2.45) is 0 Å². The summed E-state index contributed by atoms with van der Waals surface area (Å²) in [7, 11) is -4.64. The molecule has 54 valence electrons. The zero-order chi connectivity index (χ0) is 6.50. The molecule has 0 radical (unpaired) electrons. The first-order valence-electron chi connectivity index (χ1n) is 0.983. The number of hydrogen-bond donors (Lipinski definition) is 6. The summed E-state index contributed by atoms with van der Waals surface area (Å²) in [4.78, 5) is 21.6. The van der Waals surface area contributed by atoms with Gasteiger partial charge >= 0.3 is 7.82 Å². The van der Waals surface area contributed by atoms with Crippen LogP contribution < -0.4 is 6.15 Å². The normalized spacial score (nSPS) is 8.12. The van der Waals surface area contributed by atoms with Gasteiger partial charge in [-0.25, -0.2) is 4.57 Å². The first kappa shape index (κ1) is 15.7. The molecule has 0 aliphatic carbocycles. The van der Waals surface area contributed by atoms with Crippen LogP contribution in [0.1, 0.15) is 0 Å². The lowest BCUT2D eigenvalue weighted by molar-refractivity contribution is -0.176. The van der Waals surface area contributed by atoms with Crippen molar-refractivity contribution in [3.63, 3.8) is 0 Å². The fourth-order valence-corrected chi connectivity index (χ4v) is 0. The van der Waals surface area contributed by atoms with Crippen LogP contribution in [0.2, 0.25) is 0 Å². The Kier molecular flexibility index (Phi) is 13.7. The highest BCUT2D eigenvalue weighted by atomic mass is 31.2. The minimum atomic E-state index is -4.64. The van der Waals surface area contributed by atoms with E-state index in [2.05, 4.69) is 0 Å². The van der Waals surface area contributed by atoms with Gasteiger partial charge in [-0.1, -0.05) is 0 Å². The highest BCUT2D eigenvalue weighted by Crippen LogP contribution is 2.25. The Balaban J connectivity index is -0.0000000750. The predicted octanol–water partition coefficient (Wildman–Crippen LogP) is -0.749. The van der Waals surface area contributed by atoms with Crippen LogP contribution in [0.15, 0.2) is 0 Å². The molecule has 7 nitrogen and oxygen atoms in total. The molecule has 0 unspecified atom stereocenters. The fourth-order valence-electron chi connectivity index (χ4n) is 0.